The number of rotatable bonds is 4. The second-order valence-corrected chi connectivity index (χ2v) is 6.94. The summed E-state index contributed by atoms with van der Waals surface area (Å²) in [6.07, 6.45) is 6.15. The van der Waals surface area contributed by atoms with Gasteiger partial charge in [-0.25, -0.2) is 9.18 Å². The molecule has 2 fully saturated rings. The van der Waals surface area contributed by atoms with E-state index in [9.17, 15) is 18.8 Å². The van der Waals surface area contributed by atoms with Crippen LogP contribution in [0.1, 0.15) is 55.3 Å². The van der Waals surface area contributed by atoms with Crippen LogP contribution in [0, 0.1) is 5.82 Å². The topological polar surface area (TPSA) is 75.7 Å². The van der Waals surface area contributed by atoms with E-state index in [2.05, 4.69) is 5.32 Å². The number of urea groups is 1. The second kappa shape index (κ2) is 7.43. The number of hydrogen-bond donors (Lipinski definition) is 1. The minimum atomic E-state index is -0.886. The Morgan fingerprint density at radius 3 is 2.46 bits per heavy atom. The van der Waals surface area contributed by atoms with Crippen LogP contribution < -0.4 is 10.1 Å². The van der Waals surface area contributed by atoms with E-state index in [1.807, 2.05) is 0 Å². The van der Waals surface area contributed by atoms with Gasteiger partial charge in [-0.15, -0.1) is 0 Å². The van der Waals surface area contributed by atoms with E-state index < -0.39 is 29.7 Å². The van der Waals surface area contributed by atoms with Crippen molar-refractivity contribution in [3.05, 3.63) is 29.6 Å². The SMILES string of the molecule is COc1ccc(C(=O)CN2C(=O)NC3(CCCCCCC3)C2=O)cc1F. The number of carbonyl (C=O) groups is 3. The molecule has 1 N–H and O–H groups in total. The standard InChI is InChI=1S/C19H23FN2O4/c1-26-16-8-7-13(11-14(16)20)15(23)12-22-17(24)19(21-18(22)25)9-5-3-2-4-6-10-19/h7-8,11H,2-6,9-10,12H2,1H3,(H,21,25). The fourth-order valence-electron chi connectivity index (χ4n) is 3.74. The van der Waals surface area contributed by atoms with Crippen LogP contribution >= 0.6 is 0 Å². The summed E-state index contributed by atoms with van der Waals surface area (Å²) in [5.74, 6) is -1.46. The molecule has 1 spiro atoms. The lowest BCUT2D eigenvalue weighted by Gasteiger charge is -2.28. The van der Waals surface area contributed by atoms with Gasteiger partial charge >= 0.3 is 6.03 Å². The first-order valence-corrected chi connectivity index (χ1v) is 8.98. The first-order chi connectivity index (χ1) is 12.5. The number of benzene rings is 1. The van der Waals surface area contributed by atoms with Crippen LogP contribution in [0.15, 0.2) is 18.2 Å². The Labute approximate surface area is 151 Å². The smallest absolute Gasteiger partial charge is 0.325 e. The number of nitrogens with one attached hydrogen (secondary N) is 1. The summed E-state index contributed by atoms with van der Waals surface area (Å²) in [5.41, 5.74) is -0.786. The van der Waals surface area contributed by atoms with Gasteiger partial charge in [0, 0.05) is 5.56 Å². The maximum Gasteiger partial charge on any atom is 0.325 e. The van der Waals surface area contributed by atoms with Crippen molar-refractivity contribution in [3.63, 3.8) is 0 Å². The van der Waals surface area contributed by atoms with E-state index >= 15 is 0 Å². The molecule has 0 radical (unpaired) electrons. The van der Waals surface area contributed by atoms with E-state index in [0.29, 0.717) is 12.8 Å². The van der Waals surface area contributed by atoms with Crippen molar-refractivity contribution in [3.8, 4) is 5.75 Å². The van der Waals surface area contributed by atoms with Crippen molar-refractivity contribution in [2.24, 2.45) is 0 Å². The van der Waals surface area contributed by atoms with Crippen molar-refractivity contribution in [1.29, 1.82) is 0 Å². The Balaban J connectivity index is 1.75. The van der Waals surface area contributed by atoms with Gasteiger partial charge in [0.05, 0.1) is 13.7 Å². The number of nitrogens with zero attached hydrogens (tertiary/aromatic N) is 1. The summed E-state index contributed by atoms with van der Waals surface area (Å²) in [7, 11) is 1.33. The summed E-state index contributed by atoms with van der Waals surface area (Å²) < 4.78 is 18.6. The summed E-state index contributed by atoms with van der Waals surface area (Å²) in [4.78, 5) is 38.6. The van der Waals surface area contributed by atoms with Gasteiger partial charge in [-0.2, -0.15) is 0 Å². The quantitative estimate of drug-likeness (QED) is 0.660. The van der Waals surface area contributed by atoms with Gasteiger partial charge in [0.25, 0.3) is 5.91 Å². The molecule has 6 nitrogen and oxygen atoms in total. The molecule has 1 heterocycles. The highest BCUT2D eigenvalue weighted by Gasteiger charge is 2.50. The minimum Gasteiger partial charge on any atom is -0.494 e. The predicted molar refractivity (Wildman–Crippen MR) is 92.6 cm³/mol. The number of hydrogen-bond acceptors (Lipinski definition) is 4. The summed E-state index contributed by atoms with van der Waals surface area (Å²) in [6.45, 7) is -0.391. The Morgan fingerprint density at radius 1 is 1.19 bits per heavy atom. The summed E-state index contributed by atoms with van der Waals surface area (Å²) in [6, 6.07) is 3.29. The van der Waals surface area contributed by atoms with Crippen LogP contribution in [0.3, 0.4) is 0 Å². The van der Waals surface area contributed by atoms with Gasteiger partial charge in [-0.1, -0.05) is 32.1 Å². The number of ketones is 1. The van der Waals surface area contributed by atoms with Gasteiger partial charge in [0.2, 0.25) is 0 Å². The number of ether oxygens (including phenoxy) is 1. The molecule has 1 saturated carbocycles. The Hall–Kier alpha value is -2.44. The highest BCUT2D eigenvalue weighted by molar-refractivity contribution is 6.11. The highest BCUT2D eigenvalue weighted by Crippen LogP contribution is 2.32. The number of methoxy groups -OCH3 is 1. The molecule has 2 aliphatic rings. The first kappa shape index (κ1) is 18.4. The number of imide groups is 1. The normalized spacial score (nSPS) is 19.8. The number of Topliss-reactive ketones (excluding diaryl/α,β-unsaturated/α-hetero) is 1. The maximum absolute atomic E-state index is 13.8. The highest BCUT2D eigenvalue weighted by atomic mass is 19.1. The van der Waals surface area contributed by atoms with Gasteiger partial charge < -0.3 is 10.1 Å². The lowest BCUT2D eigenvalue weighted by Crippen LogP contribution is -2.47. The average molecular weight is 362 g/mol. The monoisotopic (exact) mass is 362 g/mol. The molecule has 0 bridgehead atoms. The van der Waals surface area contributed by atoms with Crippen LogP contribution in [-0.2, 0) is 4.79 Å². The minimum absolute atomic E-state index is 0.0324. The third-order valence-corrected chi connectivity index (χ3v) is 5.23. The van der Waals surface area contributed by atoms with Crippen molar-refractivity contribution in [2.75, 3.05) is 13.7 Å². The lowest BCUT2D eigenvalue weighted by molar-refractivity contribution is -0.131. The van der Waals surface area contributed by atoms with Crippen molar-refractivity contribution in [1.82, 2.24) is 10.2 Å². The van der Waals surface area contributed by atoms with Crippen LogP contribution in [0.2, 0.25) is 0 Å². The molecule has 3 amide bonds. The van der Waals surface area contributed by atoms with Crippen molar-refractivity contribution >= 4 is 17.7 Å². The van der Waals surface area contributed by atoms with Crippen molar-refractivity contribution < 1.29 is 23.5 Å². The summed E-state index contributed by atoms with van der Waals surface area (Å²) in [5, 5.41) is 2.81. The molecule has 7 heteroatoms. The third-order valence-electron chi connectivity index (χ3n) is 5.23. The Kier molecular flexibility index (Phi) is 5.25. The van der Waals surface area contributed by atoms with Crippen molar-refractivity contribution in [2.45, 2.75) is 50.5 Å². The molecule has 1 saturated heterocycles. The van der Waals surface area contributed by atoms with Gasteiger partial charge in [-0.05, 0) is 31.0 Å². The van der Waals surface area contributed by atoms with Crippen LogP contribution in [0.4, 0.5) is 9.18 Å². The molecule has 1 aliphatic heterocycles. The van der Waals surface area contributed by atoms with E-state index in [-0.39, 0.29) is 17.2 Å². The lowest BCUT2D eigenvalue weighted by atomic mass is 9.84. The zero-order valence-electron chi connectivity index (χ0n) is 14.8. The molecule has 0 atom stereocenters. The van der Waals surface area contributed by atoms with Gasteiger partial charge in [0.15, 0.2) is 17.3 Å². The largest absolute Gasteiger partial charge is 0.494 e. The second-order valence-electron chi connectivity index (χ2n) is 6.94. The number of amides is 3. The fraction of sp³-hybridized carbons (Fsp3) is 0.526. The molecule has 0 aromatic heterocycles. The molecule has 1 aromatic carbocycles. The van der Waals surface area contributed by atoms with E-state index in [0.717, 1.165) is 43.1 Å². The Bertz CT molecular complexity index is 726. The molecule has 140 valence electrons. The molecular weight excluding hydrogens is 339 g/mol. The zero-order chi connectivity index (χ0) is 18.7. The van der Waals surface area contributed by atoms with Crippen LogP contribution in [-0.4, -0.2) is 41.8 Å². The van der Waals surface area contributed by atoms with E-state index in [4.69, 9.17) is 4.74 Å². The molecular formula is C19H23FN2O4. The zero-order valence-corrected chi connectivity index (χ0v) is 14.8. The molecule has 0 unspecified atom stereocenters. The number of carbonyl (C=O) groups excluding carboxylic acids is 3. The van der Waals surface area contributed by atoms with Crippen LogP contribution in [0.25, 0.3) is 0 Å². The molecule has 1 aromatic rings. The van der Waals surface area contributed by atoms with Crippen LogP contribution in [0.5, 0.6) is 5.75 Å². The summed E-state index contributed by atoms with van der Waals surface area (Å²) >= 11 is 0. The first-order valence-electron chi connectivity index (χ1n) is 8.98. The predicted octanol–water partition coefficient (Wildman–Crippen LogP) is 3.05. The molecule has 1 aliphatic carbocycles. The number of halogens is 1. The molecule has 26 heavy (non-hydrogen) atoms. The Morgan fingerprint density at radius 2 is 1.85 bits per heavy atom. The molecule has 3 rings (SSSR count). The van der Waals surface area contributed by atoms with Gasteiger partial charge in [-0.3, -0.25) is 14.5 Å². The van der Waals surface area contributed by atoms with E-state index in [1.54, 1.807) is 0 Å². The third kappa shape index (κ3) is 3.43. The van der Waals surface area contributed by atoms with Gasteiger partial charge in [0.1, 0.15) is 5.54 Å². The average Bonchev–Trinajstić information content (AvgIpc) is 2.83. The fourth-order valence-corrected chi connectivity index (χ4v) is 3.74. The van der Waals surface area contributed by atoms with E-state index in [1.165, 1.54) is 19.2 Å². The maximum atomic E-state index is 13.8.